The molecule has 0 radical (unpaired) electrons. The maximum absolute atomic E-state index is 13.3. The molecule has 0 fully saturated rings. The van der Waals surface area contributed by atoms with E-state index < -0.39 is 16.3 Å². The second-order valence-electron chi connectivity index (χ2n) is 7.76. The van der Waals surface area contributed by atoms with Crippen molar-refractivity contribution < 1.29 is 17.2 Å². The van der Waals surface area contributed by atoms with E-state index >= 15 is 0 Å². The largest absolute Gasteiger partial charge is 0.282 e. The number of hydrogen-bond acceptors (Lipinski definition) is 3. The van der Waals surface area contributed by atoms with Gasteiger partial charge in [-0.3, -0.25) is 0 Å². The third kappa shape index (κ3) is 4.14. The van der Waals surface area contributed by atoms with Crippen molar-refractivity contribution in [3.05, 3.63) is 65.9 Å². The van der Waals surface area contributed by atoms with Crippen molar-refractivity contribution in [2.45, 2.75) is 37.5 Å². The number of alkyl halides is 2. The lowest BCUT2D eigenvalue weighted by Gasteiger charge is -2.19. The highest BCUT2D eigenvalue weighted by Crippen LogP contribution is 2.30. The van der Waals surface area contributed by atoms with E-state index in [1.807, 2.05) is 24.3 Å². The molecule has 3 rings (SSSR count). The lowest BCUT2D eigenvalue weighted by molar-refractivity contribution is 0.145. The summed E-state index contributed by atoms with van der Waals surface area (Å²) in [5.74, 6) is 0. The van der Waals surface area contributed by atoms with Gasteiger partial charge in [0.15, 0.2) is 9.84 Å². The van der Waals surface area contributed by atoms with Crippen LogP contribution in [0.3, 0.4) is 0 Å². The van der Waals surface area contributed by atoms with Gasteiger partial charge in [0.25, 0.3) is 6.43 Å². The molecular formula is C21H22F2N2O2S. The highest BCUT2D eigenvalue weighted by molar-refractivity contribution is 7.90. The molecule has 1 heterocycles. The van der Waals surface area contributed by atoms with Crippen molar-refractivity contribution in [3.63, 3.8) is 0 Å². The second kappa shape index (κ2) is 7.13. The van der Waals surface area contributed by atoms with Crippen molar-refractivity contribution in [1.29, 1.82) is 0 Å². The first-order valence-corrected chi connectivity index (χ1v) is 10.7. The zero-order chi connectivity index (χ0) is 20.7. The third-order valence-corrected chi connectivity index (χ3v) is 5.64. The zero-order valence-electron chi connectivity index (χ0n) is 16.1. The molecule has 0 N–H and O–H groups in total. The zero-order valence-corrected chi connectivity index (χ0v) is 17.0. The molecule has 0 saturated heterocycles. The fourth-order valence-corrected chi connectivity index (χ4v) is 3.51. The summed E-state index contributed by atoms with van der Waals surface area (Å²) in [7, 11) is -3.33. The van der Waals surface area contributed by atoms with Gasteiger partial charge in [-0.1, -0.05) is 45.0 Å². The normalized spacial score (nSPS) is 12.5. The van der Waals surface area contributed by atoms with Crippen LogP contribution >= 0.6 is 0 Å². The summed E-state index contributed by atoms with van der Waals surface area (Å²) in [5.41, 5.74) is 2.49. The number of rotatable bonds is 4. The summed E-state index contributed by atoms with van der Waals surface area (Å²) in [5, 5.41) is 4.07. The van der Waals surface area contributed by atoms with Gasteiger partial charge in [-0.25, -0.2) is 21.9 Å². The molecule has 148 valence electrons. The van der Waals surface area contributed by atoms with Gasteiger partial charge < -0.3 is 0 Å². The van der Waals surface area contributed by atoms with Gasteiger partial charge in [-0.2, -0.15) is 5.10 Å². The summed E-state index contributed by atoms with van der Waals surface area (Å²) in [6.45, 7) is 6.29. The van der Waals surface area contributed by atoms with Gasteiger partial charge >= 0.3 is 0 Å². The minimum absolute atomic E-state index is 0.0267. The molecule has 0 bridgehead atoms. The van der Waals surface area contributed by atoms with Crippen molar-refractivity contribution in [3.8, 4) is 16.9 Å². The smallest absolute Gasteiger partial charge is 0.233 e. The number of nitrogens with zero attached hydrogens (tertiary/aromatic N) is 2. The predicted molar refractivity (Wildman–Crippen MR) is 106 cm³/mol. The second-order valence-corrected chi connectivity index (χ2v) is 9.78. The van der Waals surface area contributed by atoms with Crippen LogP contribution in [0.5, 0.6) is 0 Å². The monoisotopic (exact) mass is 404 g/mol. The van der Waals surface area contributed by atoms with E-state index in [4.69, 9.17) is 0 Å². The van der Waals surface area contributed by atoms with Crippen LogP contribution in [0, 0.1) is 0 Å². The molecule has 3 aromatic rings. The number of aromatic nitrogens is 2. The molecular weight excluding hydrogens is 382 g/mol. The van der Waals surface area contributed by atoms with Gasteiger partial charge in [0, 0.05) is 11.8 Å². The maximum atomic E-state index is 13.3. The standard InChI is InChI=1S/C21H22F2N2O2S/c1-21(2,3)15-7-9-16(10-8-15)25-19(13-18(24-25)20(22)23)14-5-11-17(12-6-14)28(4,26)27/h5-13,20H,1-4H3. The average Bonchev–Trinajstić information content (AvgIpc) is 3.06. The van der Waals surface area contributed by atoms with Crippen molar-refractivity contribution in [2.24, 2.45) is 0 Å². The molecule has 1 aromatic heterocycles. The summed E-state index contributed by atoms with van der Waals surface area (Å²) in [6.07, 6.45) is -1.58. The van der Waals surface area contributed by atoms with E-state index in [0.717, 1.165) is 11.8 Å². The minimum atomic E-state index is -3.33. The lowest BCUT2D eigenvalue weighted by Crippen LogP contribution is -2.11. The fourth-order valence-electron chi connectivity index (χ4n) is 2.88. The van der Waals surface area contributed by atoms with Crippen LogP contribution in [0.15, 0.2) is 59.5 Å². The van der Waals surface area contributed by atoms with Gasteiger partial charge in [0.05, 0.1) is 16.3 Å². The molecule has 0 atom stereocenters. The Morgan fingerprint density at radius 3 is 2.00 bits per heavy atom. The van der Waals surface area contributed by atoms with Crippen LogP contribution in [0.25, 0.3) is 16.9 Å². The van der Waals surface area contributed by atoms with Gasteiger partial charge in [-0.05, 0) is 41.3 Å². The Kier molecular flexibility index (Phi) is 5.14. The highest BCUT2D eigenvalue weighted by Gasteiger charge is 2.19. The van der Waals surface area contributed by atoms with Gasteiger partial charge in [0.2, 0.25) is 0 Å². The van der Waals surface area contributed by atoms with E-state index in [0.29, 0.717) is 16.9 Å². The molecule has 0 aliphatic rings. The molecule has 0 unspecified atom stereocenters. The van der Waals surface area contributed by atoms with Crippen LogP contribution in [0.4, 0.5) is 8.78 Å². The van der Waals surface area contributed by atoms with E-state index in [9.17, 15) is 17.2 Å². The van der Waals surface area contributed by atoms with Crippen LogP contribution in [0.2, 0.25) is 0 Å². The number of benzene rings is 2. The number of hydrogen-bond donors (Lipinski definition) is 0. The van der Waals surface area contributed by atoms with E-state index in [1.165, 1.54) is 22.9 Å². The Bertz CT molecular complexity index is 1080. The SMILES string of the molecule is CC(C)(C)c1ccc(-n2nc(C(F)F)cc2-c2ccc(S(C)(=O)=O)cc2)cc1. The van der Waals surface area contributed by atoms with E-state index in [1.54, 1.807) is 12.1 Å². The van der Waals surface area contributed by atoms with E-state index in [-0.39, 0.29) is 16.0 Å². The Morgan fingerprint density at radius 2 is 1.54 bits per heavy atom. The lowest BCUT2D eigenvalue weighted by atomic mass is 9.87. The van der Waals surface area contributed by atoms with Gasteiger partial charge in [0.1, 0.15) is 5.69 Å². The fraction of sp³-hybridized carbons (Fsp3) is 0.286. The Labute approximate surface area is 163 Å². The Morgan fingerprint density at radius 1 is 0.964 bits per heavy atom. The van der Waals surface area contributed by atoms with Crippen LogP contribution in [-0.2, 0) is 15.3 Å². The molecule has 0 spiro atoms. The molecule has 7 heteroatoms. The predicted octanol–water partition coefficient (Wildman–Crippen LogP) is 5.18. The van der Waals surface area contributed by atoms with E-state index in [2.05, 4.69) is 25.9 Å². The summed E-state index contributed by atoms with van der Waals surface area (Å²) in [4.78, 5) is 0.172. The van der Waals surface area contributed by atoms with Crippen molar-refractivity contribution >= 4 is 9.84 Å². The van der Waals surface area contributed by atoms with Crippen LogP contribution < -0.4 is 0 Å². The maximum Gasteiger partial charge on any atom is 0.282 e. The molecule has 0 saturated carbocycles. The number of sulfone groups is 1. The quantitative estimate of drug-likeness (QED) is 0.602. The summed E-state index contributed by atoms with van der Waals surface area (Å²) >= 11 is 0. The molecule has 28 heavy (non-hydrogen) atoms. The van der Waals surface area contributed by atoms with Crippen LogP contribution in [-0.4, -0.2) is 24.5 Å². The first kappa shape index (κ1) is 20.2. The minimum Gasteiger partial charge on any atom is -0.233 e. The molecule has 2 aromatic carbocycles. The van der Waals surface area contributed by atoms with Crippen LogP contribution in [0.1, 0.15) is 38.5 Å². The topological polar surface area (TPSA) is 52.0 Å². The number of halogens is 2. The highest BCUT2D eigenvalue weighted by atomic mass is 32.2. The van der Waals surface area contributed by atoms with Gasteiger partial charge in [-0.15, -0.1) is 0 Å². The Balaban J connectivity index is 2.10. The molecule has 4 nitrogen and oxygen atoms in total. The Hall–Kier alpha value is -2.54. The summed E-state index contributed by atoms with van der Waals surface area (Å²) < 4.78 is 51.3. The van der Waals surface area contributed by atoms with Crippen molar-refractivity contribution in [1.82, 2.24) is 9.78 Å². The molecule has 0 amide bonds. The first-order valence-electron chi connectivity index (χ1n) is 8.76. The summed E-state index contributed by atoms with van der Waals surface area (Å²) in [6, 6.07) is 15.1. The molecule has 0 aliphatic carbocycles. The third-order valence-electron chi connectivity index (χ3n) is 4.51. The average molecular weight is 404 g/mol. The molecule has 0 aliphatic heterocycles. The van der Waals surface area contributed by atoms with Crippen molar-refractivity contribution in [2.75, 3.05) is 6.26 Å². The first-order chi connectivity index (χ1) is 13.0.